The molecule has 1 nitrogen and oxygen atoms in total. The molecular formula is C5H9NSi. The van der Waals surface area contributed by atoms with Gasteiger partial charge in [0, 0.05) is 5.71 Å². The van der Waals surface area contributed by atoms with Crippen LogP contribution in [0, 0.1) is 0 Å². The SMILES string of the molecule is [SiH3]N=C1C=CCC1. The van der Waals surface area contributed by atoms with E-state index in [0.717, 1.165) is 10.4 Å². The van der Waals surface area contributed by atoms with Gasteiger partial charge >= 0.3 is 0 Å². The molecule has 0 aliphatic heterocycles. The van der Waals surface area contributed by atoms with Crippen LogP contribution in [0.3, 0.4) is 0 Å². The Morgan fingerprint density at radius 3 is 2.86 bits per heavy atom. The van der Waals surface area contributed by atoms with Crippen molar-refractivity contribution in [3.05, 3.63) is 12.2 Å². The van der Waals surface area contributed by atoms with E-state index in [1.807, 2.05) is 0 Å². The Kier molecular flexibility index (Phi) is 1.41. The van der Waals surface area contributed by atoms with Gasteiger partial charge in [-0.05, 0) is 18.9 Å². The van der Waals surface area contributed by atoms with Crippen LogP contribution in [-0.2, 0) is 0 Å². The summed E-state index contributed by atoms with van der Waals surface area (Å²) in [5.41, 5.74) is 1.30. The molecule has 0 radical (unpaired) electrons. The van der Waals surface area contributed by atoms with Crippen LogP contribution in [0.1, 0.15) is 12.8 Å². The van der Waals surface area contributed by atoms with E-state index < -0.39 is 0 Å². The lowest BCUT2D eigenvalue weighted by atomic mass is 10.3. The molecule has 1 aliphatic rings. The van der Waals surface area contributed by atoms with Gasteiger partial charge < -0.3 is 4.66 Å². The zero-order valence-electron chi connectivity index (χ0n) is 4.52. The first-order valence-corrected chi connectivity index (χ1v) is 3.45. The quantitative estimate of drug-likeness (QED) is 0.392. The highest BCUT2D eigenvalue weighted by Gasteiger charge is 1.95. The highest BCUT2D eigenvalue weighted by Crippen LogP contribution is 2.03. The molecule has 0 bridgehead atoms. The van der Waals surface area contributed by atoms with Crippen molar-refractivity contribution in [3.8, 4) is 0 Å². The molecule has 0 heterocycles. The number of rotatable bonds is 0. The molecule has 0 atom stereocenters. The maximum atomic E-state index is 4.16. The zero-order valence-corrected chi connectivity index (χ0v) is 6.52. The van der Waals surface area contributed by atoms with Gasteiger partial charge in [0.2, 0.25) is 0 Å². The Morgan fingerprint density at radius 1 is 1.71 bits per heavy atom. The van der Waals surface area contributed by atoms with E-state index in [9.17, 15) is 0 Å². The third kappa shape index (κ3) is 0.995. The van der Waals surface area contributed by atoms with E-state index in [2.05, 4.69) is 16.8 Å². The number of allylic oxidation sites excluding steroid dienone is 2. The topological polar surface area (TPSA) is 12.4 Å². The zero-order chi connectivity index (χ0) is 5.11. The lowest BCUT2D eigenvalue weighted by molar-refractivity contribution is 1.14. The first kappa shape index (κ1) is 4.78. The van der Waals surface area contributed by atoms with Crippen LogP contribution in [0.25, 0.3) is 0 Å². The van der Waals surface area contributed by atoms with Gasteiger partial charge in [-0.15, -0.1) is 0 Å². The summed E-state index contributed by atoms with van der Waals surface area (Å²) in [6, 6.07) is 0. The van der Waals surface area contributed by atoms with Gasteiger partial charge in [0.25, 0.3) is 0 Å². The fourth-order valence-corrected chi connectivity index (χ4v) is 1.09. The molecule has 0 saturated heterocycles. The van der Waals surface area contributed by atoms with Crippen LogP contribution in [0.5, 0.6) is 0 Å². The summed E-state index contributed by atoms with van der Waals surface area (Å²) < 4.78 is 4.16. The Labute approximate surface area is 46.6 Å². The summed E-state index contributed by atoms with van der Waals surface area (Å²) in [5.74, 6) is 0. The van der Waals surface area contributed by atoms with Gasteiger partial charge in [0.15, 0.2) is 0 Å². The molecule has 0 aromatic heterocycles. The Morgan fingerprint density at radius 2 is 2.57 bits per heavy atom. The van der Waals surface area contributed by atoms with Crippen molar-refractivity contribution in [1.82, 2.24) is 0 Å². The van der Waals surface area contributed by atoms with Crippen molar-refractivity contribution in [2.45, 2.75) is 12.8 Å². The molecule has 0 saturated carbocycles. The minimum atomic E-state index is 0.968. The van der Waals surface area contributed by atoms with Gasteiger partial charge in [0.1, 0.15) is 10.4 Å². The van der Waals surface area contributed by atoms with E-state index in [1.165, 1.54) is 18.6 Å². The van der Waals surface area contributed by atoms with Gasteiger partial charge in [-0.2, -0.15) is 0 Å². The second-order valence-corrected chi connectivity index (χ2v) is 2.10. The van der Waals surface area contributed by atoms with Crippen molar-refractivity contribution >= 4 is 16.1 Å². The standard InChI is InChI=1S/C5H9NSi/c7-6-5-3-1-2-4-5/h1,3H,2,4H2,7H3. The summed E-state index contributed by atoms with van der Waals surface area (Å²) in [4.78, 5) is 0. The van der Waals surface area contributed by atoms with Crippen molar-refractivity contribution in [2.75, 3.05) is 0 Å². The largest absolute Gasteiger partial charge is 0.337 e. The number of nitrogens with zero attached hydrogens (tertiary/aromatic N) is 1. The average Bonchev–Trinajstić information content (AvgIpc) is 2.14. The Balaban J connectivity index is 2.59. The third-order valence-corrected chi connectivity index (χ3v) is 1.74. The van der Waals surface area contributed by atoms with Crippen LogP contribution in [0.4, 0.5) is 0 Å². The first-order chi connectivity index (χ1) is 3.43. The molecule has 7 heavy (non-hydrogen) atoms. The van der Waals surface area contributed by atoms with Gasteiger partial charge in [-0.3, -0.25) is 0 Å². The van der Waals surface area contributed by atoms with Crippen LogP contribution in [-0.4, -0.2) is 16.1 Å². The molecular weight excluding hydrogens is 102 g/mol. The number of hydrogen-bond acceptors (Lipinski definition) is 1. The fourth-order valence-electron chi connectivity index (χ4n) is 0.720. The van der Waals surface area contributed by atoms with Crippen LogP contribution < -0.4 is 0 Å². The second-order valence-electron chi connectivity index (χ2n) is 1.66. The van der Waals surface area contributed by atoms with Gasteiger partial charge in [-0.1, -0.05) is 6.08 Å². The normalized spacial score (nSPS) is 24.9. The minimum Gasteiger partial charge on any atom is -0.337 e. The molecule has 0 unspecified atom stereocenters. The summed E-state index contributed by atoms with van der Waals surface area (Å²) in [7, 11) is 0.968. The second kappa shape index (κ2) is 2.07. The fraction of sp³-hybridized carbons (Fsp3) is 0.400. The Bertz CT molecular complexity index is 112. The summed E-state index contributed by atoms with van der Waals surface area (Å²) in [6.45, 7) is 0. The first-order valence-electron chi connectivity index (χ1n) is 2.55. The summed E-state index contributed by atoms with van der Waals surface area (Å²) in [5, 5.41) is 0. The van der Waals surface area contributed by atoms with E-state index >= 15 is 0 Å². The van der Waals surface area contributed by atoms with E-state index in [-0.39, 0.29) is 0 Å². The maximum Gasteiger partial charge on any atom is 0.135 e. The number of hydrogen-bond donors (Lipinski definition) is 0. The van der Waals surface area contributed by atoms with Crippen LogP contribution in [0.2, 0.25) is 0 Å². The summed E-state index contributed by atoms with van der Waals surface area (Å²) >= 11 is 0. The molecule has 38 valence electrons. The van der Waals surface area contributed by atoms with Crippen molar-refractivity contribution in [1.29, 1.82) is 0 Å². The lowest BCUT2D eigenvalue weighted by Crippen LogP contribution is -1.83. The van der Waals surface area contributed by atoms with Crippen molar-refractivity contribution in [2.24, 2.45) is 4.66 Å². The van der Waals surface area contributed by atoms with Gasteiger partial charge in [-0.25, -0.2) is 0 Å². The van der Waals surface area contributed by atoms with E-state index in [4.69, 9.17) is 0 Å². The van der Waals surface area contributed by atoms with Crippen LogP contribution >= 0.6 is 0 Å². The van der Waals surface area contributed by atoms with Crippen molar-refractivity contribution < 1.29 is 0 Å². The third-order valence-electron chi connectivity index (χ3n) is 1.16. The van der Waals surface area contributed by atoms with Gasteiger partial charge in [0.05, 0.1) is 0 Å². The monoisotopic (exact) mass is 111 g/mol. The molecule has 1 aliphatic carbocycles. The molecule has 0 aromatic rings. The highest BCUT2D eigenvalue weighted by atomic mass is 28.2. The molecule has 1 rings (SSSR count). The van der Waals surface area contributed by atoms with Crippen molar-refractivity contribution in [3.63, 3.8) is 0 Å². The van der Waals surface area contributed by atoms with Crippen LogP contribution in [0.15, 0.2) is 16.8 Å². The van der Waals surface area contributed by atoms with E-state index in [1.54, 1.807) is 0 Å². The average molecular weight is 111 g/mol. The Hall–Kier alpha value is -0.373. The molecule has 0 N–H and O–H groups in total. The lowest BCUT2D eigenvalue weighted by Gasteiger charge is -1.83. The highest BCUT2D eigenvalue weighted by molar-refractivity contribution is 6.15. The van der Waals surface area contributed by atoms with E-state index in [0.29, 0.717) is 0 Å². The molecule has 2 heteroatoms. The molecule has 0 amide bonds. The summed E-state index contributed by atoms with van der Waals surface area (Å²) in [6.07, 6.45) is 6.69. The smallest absolute Gasteiger partial charge is 0.135 e. The minimum absolute atomic E-state index is 0.968. The molecule has 0 spiro atoms. The predicted molar refractivity (Wildman–Crippen MR) is 35.7 cm³/mol. The molecule has 0 aromatic carbocycles. The molecule has 0 fully saturated rings. The predicted octanol–water partition coefficient (Wildman–Crippen LogP) is 0.0578. The maximum absolute atomic E-state index is 4.16.